The highest BCUT2D eigenvalue weighted by molar-refractivity contribution is 5.73. The fourth-order valence-corrected chi connectivity index (χ4v) is 2.41. The van der Waals surface area contributed by atoms with E-state index >= 15 is 0 Å². The van der Waals surface area contributed by atoms with Gasteiger partial charge in [-0.15, -0.1) is 0 Å². The van der Waals surface area contributed by atoms with Gasteiger partial charge in [0, 0.05) is 25.9 Å². The molecule has 3 heteroatoms. The zero-order chi connectivity index (χ0) is 13.0. The Labute approximate surface area is 109 Å². The number of rotatable bonds is 3. The van der Waals surface area contributed by atoms with Gasteiger partial charge in [0.2, 0.25) is 5.91 Å². The van der Waals surface area contributed by atoms with Crippen LogP contribution >= 0.6 is 0 Å². The van der Waals surface area contributed by atoms with Gasteiger partial charge in [0.05, 0.1) is 6.61 Å². The number of carbonyl (C=O) groups is 1. The lowest BCUT2D eigenvalue weighted by Crippen LogP contribution is -2.40. The maximum Gasteiger partial charge on any atom is 0.219 e. The molecule has 1 unspecified atom stereocenters. The number of piperidine rings is 1. The molecule has 1 amide bonds. The summed E-state index contributed by atoms with van der Waals surface area (Å²) in [6.07, 6.45) is 2.23. The van der Waals surface area contributed by atoms with Crippen LogP contribution in [0, 0.1) is 12.8 Å². The van der Waals surface area contributed by atoms with Crippen LogP contribution in [-0.4, -0.2) is 30.5 Å². The first-order chi connectivity index (χ1) is 8.66. The number of nitrogens with zero attached hydrogens (tertiary/aromatic N) is 1. The highest BCUT2D eigenvalue weighted by Crippen LogP contribution is 2.21. The molecule has 1 heterocycles. The van der Waals surface area contributed by atoms with Gasteiger partial charge in [0.15, 0.2) is 0 Å². The van der Waals surface area contributed by atoms with E-state index in [2.05, 4.69) is 13.0 Å². The second-order valence-corrected chi connectivity index (χ2v) is 5.05. The largest absolute Gasteiger partial charge is 0.493 e. The van der Waals surface area contributed by atoms with Crippen molar-refractivity contribution < 1.29 is 9.53 Å². The molecule has 1 atom stereocenters. The van der Waals surface area contributed by atoms with E-state index in [0.29, 0.717) is 12.5 Å². The number of amides is 1. The third-order valence-electron chi connectivity index (χ3n) is 3.53. The predicted molar refractivity (Wildman–Crippen MR) is 71.7 cm³/mol. The van der Waals surface area contributed by atoms with Crippen molar-refractivity contribution in [3.63, 3.8) is 0 Å². The Balaban J connectivity index is 1.87. The maximum absolute atomic E-state index is 11.4. The smallest absolute Gasteiger partial charge is 0.219 e. The molecule has 3 nitrogen and oxygen atoms in total. The number of aryl methyl sites for hydroxylation is 1. The van der Waals surface area contributed by atoms with E-state index in [0.717, 1.165) is 37.2 Å². The number of likely N-dealkylation sites (tertiary alicyclic amines) is 1. The van der Waals surface area contributed by atoms with Gasteiger partial charge in [0.25, 0.3) is 0 Å². The molecule has 1 aliphatic heterocycles. The average molecular weight is 247 g/mol. The van der Waals surface area contributed by atoms with Crippen molar-refractivity contribution in [1.29, 1.82) is 0 Å². The third kappa shape index (κ3) is 3.25. The lowest BCUT2D eigenvalue weighted by Gasteiger charge is -2.32. The highest BCUT2D eigenvalue weighted by Gasteiger charge is 2.22. The van der Waals surface area contributed by atoms with E-state index in [1.165, 1.54) is 0 Å². The molecule has 1 saturated heterocycles. The molecule has 0 radical (unpaired) electrons. The Bertz CT molecular complexity index is 417. The summed E-state index contributed by atoms with van der Waals surface area (Å²) in [5.74, 6) is 1.59. The Kier molecular flexibility index (Phi) is 4.24. The normalized spacial score (nSPS) is 19.7. The second kappa shape index (κ2) is 5.89. The summed E-state index contributed by atoms with van der Waals surface area (Å²) in [6, 6.07) is 8.06. The Morgan fingerprint density at radius 1 is 1.44 bits per heavy atom. The molecule has 2 rings (SSSR count). The minimum atomic E-state index is 0.176. The van der Waals surface area contributed by atoms with Crippen molar-refractivity contribution in [3.8, 4) is 5.75 Å². The number of ether oxygens (including phenoxy) is 1. The summed E-state index contributed by atoms with van der Waals surface area (Å²) in [5, 5.41) is 0. The molecular weight excluding hydrogens is 226 g/mol. The third-order valence-corrected chi connectivity index (χ3v) is 3.53. The van der Waals surface area contributed by atoms with Gasteiger partial charge in [-0.1, -0.05) is 18.2 Å². The van der Waals surface area contributed by atoms with Gasteiger partial charge in [-0.05, 0) is 31.4 Å². The van der Waals surface area contributed by atoms with Gasteiger partial charge in [-0.3, -0.25) is 4.79 Å². The molecule has 98 valence electrons. The zero-order valence-electron chi connectivity index (χ0n) is 11.2. The van der Waals surface area contributed by atoms with Crippen LogP contribution in [0.3, 0.4) is 0 Å². The number of carbonyl (C=O) groups excluding carboxylic acids is 1. The topological polar surface area (TPSA) is 29.5 Å². The van der Waals surface area contributed by atoms with Gasteiger partial charge >= 0.3 is 0 Å². The van der Waals surface area contributed by atoms with Crippen LogP contribution in [-0.2, 0) is 4.79 Å². The fraction of sp³-hybridized carbons (Fsp3) is 0.533. The quantitative estimate of drug-likeness (QED) is 0.821. The highest BCUT2D eigenvalue weighted by atomic mass is 16.5. The molecular formula is C15H21NO2. The summed E-state index contributed by atoms with van der Waals surface area (Å²) in [6.45, 7) is 6.13. The monoisotopic (exact) mass is 247 g/mol. The molecule has 1 aromatic rings. The minimum absolute atomic E-state index is 0.176. The van der Waals surface area contributed by atoms with Crippen molar-refractivity contribution in [3.05, 3.63) is 29.8 Å². The van der Waals surface area contributed by atoms with Gasteiger partial charge in [-0.2, -0.15) is 0 Å². The first kappa shape index (κ1) is 12.9. The molecule has 1 aliphatic rings. The first-order valence-corrected chi connectivity index (χ1v) is 6.61. The molecule has 0 bridgehead atoms. The van der Waals surface area contributed by atoms with E-state index < -0.39 is 0 Å². The van der Waals surface area contributed by atoms with Crippen LogP contribution in [0.5, 0.6) is 5.75 Å². The van der Waals surface area contributed by atoms with Crippen molar-refractivity contribution in [1.82, 2.24) is 4.90 Å². The van der Waals surface area contributed by atoms with Gasteiger partial charge in [0.1, 0.15) is 5.75 Å². The number of benzene rings is 1. The Hall–Kier alpha value is -1.51. The molecule has 0 saturated carbocycles. The SMILES string of the molecule is CC(=O)N1CCCC(COc2ccccc2C)C1. The van der Waals surface area contributed by atoms with Crippen molar-refractivity contribution in [2.45, 2.75) is 26.7 Å². The Morgan fingerprint density at radius 3 is 2.94 bits per heavy atom. The number of para-hydroxylation sites is 1. The number of hydrogen-bond donors (Lipinski definition) is 0. The average Bonchev–Trinajstić information content (AvgIpc) is 2.38. The maximum atomic E-state index is 11.4. The standard InChI is InChI=1S/C15H21NO2/c1-12-6-3-4-8-15(12)18-11-14-7-5-9-16(10-14)13(2)17/h3-4,6,8,14H,5,7,9-11H2,1-2H3. The van der Waals surface area contributed by atoms with Crippen LogP contribution in [0.4, 0.5) is 0 Å². The van der Waals surface area contributed by atoms with Crippen molar-refractivity contribution in [2.75, 3.05) is 19.7 Å². The minimum Gasteiger partial charge on any atom is -0.493 e. The summed E-state index contributed by atoms with van der Waals surface area (Å²) in [4.78, 5) is 13.3. The fourth-order valence-electron chi connectivity index (χ4n) is 2.41. The summed E-state index contributed by atoms with van der Waals surface area (Å²) in [5.41, 5.74) is 1.16. The molecule has 0 N–H and O–H groups in total. The second-order valence-electron chi connectivity index (χ2n) is 5.05. The summed E-state index contributed by atoms with van der Waals surface area (Å²) in [7, 11) is 0. The zero-order valence-corrected chi connectivity index (χ0v) is 11.2. The van der Waals surface area contributed by atoms with Crippen LogP contribution < -0.4 is 4.74 Å². The molecule has 18 heavy (non-hydrogen) atoms. The van der Waals surface area contributed by atoms with Crippen LogP contribution in [0.2, 0.25) is 0 Å². The Morgan fingerprint density at radius 2 is 2.22 bits per heavy atom. The van der Waals surface area contributed by atoms with Crippen LogP contribution in [0.25, 0.3) is 0 Å². The molecule has 1 fully saturated rings. The van der Waals surface area contributed by atoms with Crippen molar-refractivity contribution >= 4 is 5.91 Å². The van der Waals surface area contributed by atoms with E-state index in [4.69, 9.17) is 4.74 Å². The van der Waals surface area contributed by atoms with Gasteiger partial charge in [-0.25, -0.2) is 0 Å². The number of hydrogen-bond acceptors (Lipinski definition) is 2. The van der Waals surface area contributed by atoms with Crippen molar-refractivity contribution in [2.24, 2.45) is 5.92 Å². The van der Waals surface area contributed by atoms with E-state index in [-0.39, 0.29) is 5.91 Å². The molecule has 0 spiro atoms. The van der Waals surface area contributed by atoms with E-state index in [9.17, 15) is 4.79 Å². The lowest BCUT2D eigenvalue weighted by atomic mass is 9.99. The van der Waals surface area contributed by atoms with E-state index in [1.807, 2.05) is 23.1 Å². The van der Waals surface area contributed by atoms with Crippen LogP contribution in [0.15, 0.2) is 24.3 Å². The van der Waals surface area contributed by atoms with E-state index in [1.54, 1.807) is 6.92 Å². The molecule has 0 aromatic heterocycles. The lowest BCUT2D eigenvalue weighted by molar-refractivity contribution is -0.130. The van der Waals surface area contributed by atoms with Crippen LogP contribution in [0.1, 0.15) is 25.3 Å². The van der Waals surface area contributed by atoms with Gasteiger partial charge < -0.3 is 9.64 Å². The first-order valence-electron chi connectivity index (χ1n) is 6.61. The summed E-state index contributed by atoms with van der Waals surface area (Å²) >= 11 is 0. The summed E-state index contributed by atoms with van der Waals surface area (Å²) < 4.78 is 5.87. The predicted octanol–water partition coefficient (Wildman–Crippen LogP) is 2.63. The molecule has 0 aliphatic carbocycles. The molecule has 1 aromatic carbocycles.